The van der Waals surface area contributed by atoms with Crippen molar-refractivity contribution >= 4 is 27.8 Å². The summed E-state index contributed by atoms with van der Waals surface area (Å²) < 4.78 is 10.5. The summed E-state index contributed by atoms with van der Waals surface area (Å²) in [6.07, 6.45) is -0.724. The average molecular weight is 346 g/mol. The molecular weight excluding hydrogens is 330 g/mol. The van der Waals surface area contributed by atoms with Crippen LogP contribution in [0.3, 0.4) is 0 Å². The molecule has 0 spiro atoms. The van der Waals surface area contributed by atoms with E-state index in [2.05, 4.69) is 21.2 Å². The van der Waals surface area contributed by atoms with E-state index in [1.165, 1.54) is 21.1 Å². The van der Waals surface area contributed by atoms with Gasteiger partial charge >= 0.3 is 5.97 Å². The average Bonchev–Trinajstić information content (AvgIpc) is 2.43. The summed E-state index contributed by atoms with van der Waals surface area (Å²) in [5.74, 6) is -1.07. The highest BCUT2D eigenvalue weighted by Gasteiger charge is 2.25. The van der Waals surface area contributed by atoms with Gasteiger partial charge in [0.1, 0.15) is 11.9 Å². The zero-order chi connectivity index (χ0) is 15.3. The molecule has 1 aromatic carbocycles. The van der Waals surface area contributed by atoms with Gasteiger partial charge in [-0.25, -0.2) is 4.79 Å². The molecule has 0 aliphatic heterocycles. The van der Waals surface area contributed by atoms with Crippen LogP contribution in [0.4, 0.5) is 0 Å². The van der Waals surface area contributed by atoms with Gasteiger partial charge in [-0.3, -0.25) is 4.79 Å². The van der Waals surface area contributed by atoms with Crippen molar-refractivity contribution in [3.05, 3.63) is 28.2 Å². The maximum absolute atomic E-state index is 11.7. The summed E-state index contributed by atoms with van der Waals surface area (Å²) in [6, 6.07) is 3.65. The van der Waals surface area contributed by atoms with Gasteiger partial charge in [-0.15, -0.1) is 0 Å². The molecule has 1 amide bonds. The Morgan fingerprint density at radius 2 is 2.00 bits per heavy atom. The van der Waals surface area contributed by atoms with Gasteiger partial charge in [0.15, 0.2) is 6.04 Å². The number of aliphatic carboxylic acids is 1. The first-order valence-electron chi connectivity index (χ1n) is 5.80. The Morgan fingerprint density at radius 1 is 1.35 bits per heavy atom. The molecule has 2 unspecified atom stereocenters. The van der Waals surface area contributed by atoms with E-state index in [0.717, 1.165) is 0 Å². The summed E-state index contributed by atoms with van der Waals surface area (Å²) in [6.45, 7) is 1.54. The number of carboxylic acid groups (broad SMARTS) is 1. The minimum Gasteiger partial charge on any atom is -0.496 e. The van der Waals surface area contributed by atoms with Crippen molar-refractivity contribution in [2.24, 2.45) is 0 Å². The van der Waals surface area contributed by atoms with Crippen LogP contribution in [0.15, 0.2) is 22.7 Å². The molecule has 0 aromatic heterocycles. The zero-order valence-electron chi connectivity index (χ0n) is 11.3. The Labute approximate surface area is 125 Å². The number of halogens is 1. The number of hydrogen-bond donors (Lipinski definition) is 2. The number of amides is 1. The number of carboxylic acids is 1. The molecule has 0 fully saturated rings. The van der Waals surface area contributed by atoms with Crippen LogP contribution in [0.1, 0.15) is 18.5 Å². The van der Waals surface area contributed by atoms with Crippen LogP contribution in [0.5, 0.6) is 5.75 Å². The molecule has 0 radical (unpaired) electrons. The number of carbonyl (C=O) groups excluding carboxylic acids is 1. The van der Waals surface area contributed by atoms with Crippen molar-refractivity contribution in [3.8, 4) is 5.75 Å². The van der Waals surface area contributed by atoms with E-state index < -0.39 is 24.0 Å². The van der Waals surface area contributed by atoms with Crippen molar-refractivity contribution in [3.63, 3.8) is 0 Å². The fraction of sp³-hybridized carbons (Fsp3) is 0.385. The molecule has 0 saturated heterocycles. The summed E-state index contributed by atoms with van der Waals surface area (Å²) >= 11 is 3.28. The van der Waals surface area contributed by atoms with Gasteiger partial charge in [0.2, 0.25) is 5.91 Å². The highest BCUT2D eigenvalue weighted by atomic mass is 79.9. The van der Waals surface area contributed by atoms with Crippen LogP contribution in [-0.4, -0.2) is 37.3 Å². The lowest BCUT2D eigenvalue weighted by Crippen LogP contribution is -2.39. The first-order chi connectivity index (χ1) is 9.40. The van der Waals surface area contributed by atoms with E-state index >= 15 is 0 Å². The largest absolute Gasteiger partial charge is 0.496 e. The Kier molecular flexibility index (Phi) is 5.97. The highest BCUT2D eigenvalue weighted by Crippen LogP contribution is 2.28. The molecule has 1 rings (SSSR count). The smallest absolute Gasteiger partial charge is 0.330 e. The number of benzene rings is 1. The van der Waals surface area contributed by atoms with Crippen molar-refractivity contribution in [1.82, 2.24) is 5.32 Å². The van der Waals surface area contributed by atoms with E-state index in [0.29, 0.717) is 15.8 Å². The molecule has 2 atom stereocenters. The molecule has 20 heavy (non-hydrogen) atoms. The Morgan fingerprint density at radius 3 is 2.45 bits per heavy atom. The quantitative estimate of drug-likeness (QED) is 0.820. The number of ether oxygens (including phenoxy) is 2. The highest BCUT2D eigenvalue weighted by molar-refractivity contribution is 9.10. The van der Waals surface area contributed by atoms with Gasteiger partial charge in [0, 0.05) is 7.11 Å². The number of methoxy groups -OCH3 is 2. The molecule has 0 aliphatic carbocycles. The van der Waals surface area contributed by atoms with Gasteiger partial charge in [0.25, 0.3) is 0 Å². The lowest BCUT2D eigenvalue weighted by molar-refractivity contribution is -0.143. The third-order valence-electron chi connectivity index (χ3n) is 2.77. The topological polar surface area (TPSA) is 84.9 Å². The minimum absolute atomic E-state index is 0.432. The second kappa shape index (κ2) is 7.25. The third kappa shape index (κ3) is 3.94. The summed E-state index contributed by atoms with van der Waals surface area (Å²) in [5.41, 5.74) is 0.432. The number of hydrogen-bond acceptors (Lipinski definition) is 4. The third-order valence-corrected chi connectivity index (χ3v) is 3.39. The zero-order valence-corrected chi connectivity index (χ0v) is 12.9. The molecule has 0 bridgehead atoms. The molecule has 7 heteroatoms. The van der Waals surface area contributed by atoms with Gasteiger partial charge in [-0.05, 0) is 40.5 Å². The minimum atomic E-state index is -1.15. The fourth-order valence-corrected chi connectivity index (χ4v) is 2.07. The second-order valence-electron chi connectivity index (χ2n) is 4.05. The standard InChI is InChI=1S/C13H16BrNO5/c1-7(19-2)12(16)15-11(13(17)18)8-4-5-10(20-3)9(14)6-8/h4-7,11H,1-3H3,(H,15,16)(H,17,18). The van der Waals surface area contributed by atoms with Crippen LogP contribution in [0.2, 0.25) is 0 Å². The summed E-state index contributed by atoms with van der Waals surface area (Å²) in [4.78, 5) is 23.0. The fourth-order valence-electron chi connectivity index (χ4n) is 1.52. The molecule has 1 aromatic rings. The van der Waals surface area contributed by atoms with Crippen LogP contribution in [0, 0.1) is 0 Å². The van der Waals surface area contributed by atoms with Gasteiger partial charge in [0.05, 0.1) is 11.6 Å². The normalized spacial score (nSPS) is 13.4. The molecule has 2 N–H and O–H groups in total. The maximum Gasteiger partial charge on any atom is 0.330 e. The maximum atomic E-state index is 11.7. The molecule has 6 nitrogen and oxygen atoms in total. The Balaban J connectivity index is 3.00. The first-order valence-corrected chi connectivity index (χ1v) is 6.59. The van der Waals surface area contributed by atoms with Crippen molar-refractivity contribution in [2.75, 3.05) is 14.2 Å². The second-order valence-corrected chi connectivity index (χ2v) is 4.91. The summed E-state index contributed by atoms with van der Waals surface area (Å²) in [7, 11) is 2.89. The van der Waals surface area contributed by atoms with Crippen LogP contribution in [-0.2, 0) is 14.3 Å². The van der Waals surface area contributed by atoms with E-state index in [9.17, 15) is 14.7 Å². The van der Waals surface area contributed by atoms with E-state index in [4.69, 9.17) is 9.47 Å². The first kappa shape index (κ1) is 16.5. The van der Waals surface area contributed by atoms with Crippen LogP contribution < -0.4 is 10.1 Å². The lowest BCUT2D eigenvalue weighted by Gasteiger charge is -2.18. The van der Waals surface area contributed by atoms with E-state index in [1.807, 2.05) is 0 Å². The predicted octanol–water partition coefficient (Wildman–Crippen LogP) is 1.73. The SMILES string of the molecule is COc1ccc(C(NC(=O)C(C)OC)C(=O)O)cc1Br. The number of rotatable bonds is 6. The van der Waals surface area contributed by atoms with E-state index in [-0.39, 0.29) is 0 Å². The predicted molar refractivity (Wildman–Crippen MR) is 75.7 cm³/mol. The van der Waals surface area contributed by atoms with Gasteiger partial charge in [-0.2, -0.15) is 0 Å². The molecule has 110 valence electrons. The molecular formula is C13H16BrNO5. The van der Waals surface area contributed by atoms with Crippen LogP contribution in [0.25, 0.3) is 0 Å². The Hall–Kier alpha value is -1.60. The van der Waals surface area contributed by atoms with Gasteiger partial charge in [-0.1, -0.05) is 6.07 Å². The number of carbonyl (C=O) groups is 2. The molecule has 0 aliphatic rings. The van der Waals surface area contributed by atoms with Gasteiger partial charge < -0.3 is 19.9 Å². The van der Waals surface area contributed by atoms with E-state index in [1.54, 1.807) is 18.2 Å². The van der Waals surface area contributed by atoms with Crippen LogP contribution >= 0.6 is 15.9 Å². The summed E-state index contributed by atoms with van der Waals surface area (Å²) in [5, 5.41) is 11.7. The van der Waals surface area contributed by atoms with Crippen molar-refractivity contribution in [1.29, 1.82) is 0 Å². The van der Waals surface area contributed by atoms with Crippen molar-refractivity contribution < 1.29 is 24.2 Å². The monoisotopic (exact) mass is 345 g/mol. The van der Waals surface area contributed by atoms with Crippen molar-refractivity contribution in [2.45, 2.75) is 19.1 Å². The molecule has 0 saturated carbocycles. The molecule has 0 heterocycles. The number of nitrogens with one attached hydrogen (secondary N) is 1. The Bertz CT molecular complexity index is 506. The lowest BCUT2D eigenvalue weighted by atomic mass is 10.1.